The van der Waals surface area contributed by atoms with Crippen molar-refractivity contribution in [3.05, 3.63) is 23.8 Å². The summed E-state index contributed by atoms with van der Waals surface area (Å²) in [5.41, 5.74) is 7.83. The summed E-state index contributed by atoms with van der Waals surface area (Å²) in [4.78, 5) is 13.3. The molecular formula is C14H23N3O2. The van der Waals surface area contributed by atoms with Crippen molar-refractivity contribution in [3.8, 4) is 0 Å². The molecule has 0 aromatic heterocycles. The second-order valence-corrected chi connectivity index (χ2v) is 5.09. The lowest BCUT2D eigenvalue weighted by atomic mass is 10.0. The average molecular weight is 265 g/mol. The van der Waals surface area contributed by atoms with Crippen molar-refractivity contribution < 1.29 is 9.90 Å². The van der Waals surface area contributed by atoms with Crippen molar-refractivity contribution in [2.45, 2.75) is 19.9 Å². The second-order valence-electron chi connectivity index (χ2n) is 5.09. The van der Waals surface area contributed by atoms with Crippen LogP contribution in [0.1, 0.15) is 24.2 Å². The largest absolute Gasteiger partial charge is 0.397 e. The lowest BCUT2D eigenvalue weighted by Gasteiger charge is -2.22. The molecule has 0 fully saturated rings. The summed E-state index contributed by atoms with van der Waals surface area (Å²) in [6.45, 7) is 4.06. The lowest BCUT2D eigenvalue weighted by molar-refractivity contribution is 0.0827. The molecule has 1 amide bonds. The van der Waals surface area contributed by atoms with Gasteiger partial charge in [0, 0.05) is 32.3 Å². The number of carbonyl (C=O) groups excluding carboxylic acids is 1. The van der Waals surface area contributed by atoms with E-state index < -0.39 is 0 Å². The molecule has 1 aromatic carbocycles. The third-order valence-electron chi connectivity index (χ3n) is 3.23. The van der Waals surface area contributed by atoms with E-state index in [2.05, 4.69) is 5.32 Å². The predicted octanol–water partition coefficient (Wildman–Crippen LogP) is 1.40. The maximum Gasteiger partial charge on any atom is 0.253 e. The van der Waals surface area contributed by atoms with E-state index in [0.717, 1.165) is 5.69 Å². The average Bonchev–Trinajstić information content (AvgIpc) is 2.38. The topological polar surface area (TPSA) is 78.6 Å². The van der Waals surface area contributed by atoms with E-state index in [1.54, 1.807) is 32.3 Å². The highest BCUT2D eigenvalue weighted by Crippen LogP contribution is 2.22. The van der Waals surface area contributed by atoms with Crippen LogP contribution < -0.4 is 11.1 Å². The minimum atomic E-state index is -0.0741. The zero-order valence-electron chi connectivity index (χ0n) is 12.0. The number of rotatable bonds is 5. The van der Waals surface area contributed by atoms with E-state index in [4.69, 9.17) is 10.8 Å². The molecule has 5 heteroatoms. The number of aliphatic hydroxyl groups is 1. The van der Waals surface area contributed by atoms with Crippen molar-refractivity contribution in [2.75, 3.05) is 31.8 Å². The molecule has 0 aliphatic rings. The lowest BCUT2D eigenvalue weighted by Crippen LogP contribution is -2.27. The van der Waals surface area contributed by atoms with Crippen molar-refractivity contribution in [1.82, 2.24) is 4.90 Å². The fourth-order valence-corrected chi connectivity index (χ4v) is 1.63. The van der Waals surface area contributed by atoms with E-state index in [9.17, 15) is 4.79 Å². The number of aliphatic hydroxyl groups excluding tert-OH is 1. The molecule has 2 atom stereocenters. The fourth-order valence-electron chi connectivity index (χ4n) is 1.63. The molecule has 0 bridgehead atoms. The highest BCUT2D eigenvalue weighted by Gasteiger charge is 2.14. The standard InChI is InChI=1S/C14H23N3O2/c1-9(8-18)10(2)16-13-6-5-11(7-12(13)15)14(19)17(3)4/h5-7,9-10,16,18H,8,15H2,1-4H3. The van der Waals surface area contributed by atoms with Gasteiger partial charge in [-0.1, -0.05) is 6.92 Å². The Morgan fingerprint density at radius 1 is 1.42 bits per heavy atom. The maximum atomic E-state index is 11.8. The quantitative estimate of drug-likeness (QED) is 0.703. The summed E-state index contributed by atoms with van der Waals surface area (Å²) in [6.07, 6.45) is 0. The van der Waals surface area contributed by atoms with E-state index in [-0.39, 0.29) is 24.5 Å². The summed E-state index contributed by atoms with van der Waals surface area (Å²) in [5, 5.41) is 12.4. The van der Waals surface area contributed by atoms with Gasteiger partial charge in [0.1, 0.15) is 0 Å². The van der Waals surface area contributed by atoms with Crippen LogP contribution in [0.3, 0.4) is 0 Å². The number of carbonyl (C=O) groups is 1. The normalized spacial score (nSPS) is 13.7. The van der Waals surface area contributed by atoms with Gasteiger partial charge in [-0.15, -0.1) is 0 Å². The molecule has 0 saturated heterocycles. The minimum Gasteiger partial charge on any atom is -0.397 e. The third kappa shape index (κ3) is 3.86. The van der Waals surface area contributed by atoms with E-state index in [0.29, 0.717) is 11.3 Å². The van der Waals surface area contributed by atoms with Crippen LogP contribution in [0.4, 0.5) is 11.4 Å². The monoisotopic (exact) mass is 265 g/mol. The van der Waals surface area contributed by atoms with Gasteiger partial charge in [0.25, 0.3) is 5.91 Å². The molecule has 0 heterocycles. The summed E-state index contributed by atoms with van der Waals surface area (Å²) in [6, 6.07) is 5.31. The number of anilines is 2. The number of hydrogen-bond acceptors (Lipinski definition) is 4. The van der Waals surface area contributed by atoms with Crippen molar-refractivity contribution in [1.29, 1.82) is 0 Å². The van der Waals surface area contributed by atoms with Gasteiger partial charge in [0.05, 0.1) is 11.4 Å². The SMILES string of the molecule is CC(CO)C(C)Nc1ccc(C(=O)N(C)C)cc1N. The van der Waals surface area contributed by atoms with Crippen LogP contribution in [0.15, 0.2) is 18.2 Å². The molecule has 0 aliphatic heterocycles. The molecule has 0 aliphatic carbocycles. The molecule has 0 radical (unpaired) electrons. The molecule has 1 aromatic rings. The Hall–Kier alpha value is -1.75. The number of nitrogens with two attached hydrogens (primary N) is 1. The number of nitrogens with one attached hydrogen (secondary N) is 1. The van der Waals surface area contributed by atoms with Gasteiger partial charge >= 0.3 is 0 Å². The first-order valence-electron chi connectivity index (χ1n) is 6.35. The summed E-state index contributed by atoms with van der Waals surface area (Å²) in [7, 11) is 3.41. The Balaban J connectivity index is 2.86. The highest BCUT2D eigenvalue weighted by atomic mass is 16.3. The highest BCUT2D eigenvalue weighted by molar-refractivity contribution is 5.95. The summed E-state index contributed by atoms with van der Waals surface area (Å²) in [5.74, 6) is 0.0532. The van der Waals surface area contributed by atoms with Gasteiger partial charge in [-0.2, -0.15) is 0 Å². The molecule has 2 unspecified atom stereocenters. The van der Waals surface area contributed by atoms with Gasteiger partial charge < -0.3 is 21.1 Å². The smallest absolute Gasteiger partial charge is 0.253 e. The molecule has 0 spiro atoms. The van der Waals surface area contributed by atoms with Crippen LogP contribution in [-0.2, 0) is 0 Å². The number of nitrogen functional groups attached to an aromatic ring is 1. The van der Waals surface area contributed by atoms with E-state index in [1.807, 2.05) is 13.8 Å². The number of benzene rings is 1. The molecule has 106 valence electrons. The maximum absolute atomic E-state index is 11.8. The Kier molecular flexibility index (Phi) is 5.18. The number of amides is 1. The molecule has 0 saturated carbocycles. The van der Waals surface area contributed by atoms with Crippen LogP contribution in [0, 0.1) is 5.92 Å². The van der Waals surface area contributed by atoms with E-state index >= 15 is 0 Å². The number of hydrogen-bond donors (Lipinski definition) is 3. The Morgan fingerprint density at radius 3 is 2.53 bits per heavy atom. The summed E-state index contributed by atoms with van der Waals surface area (Å²) < 4.78 is 0. The van der Waals surface area contributed by atoms with E-state index in [1.165, 1.54) is 4.90 Å². The third-order valence-corrected chi connectivity index (χ3v) is 3.23. The Labute approximate surface area is 114 Å². The van der Waals surface area contributed by atoms with Gasteiger partial charge in [0.2, 0.25) is 0 Å². The van der Waals surface area contributed by atoms with Crippen molar-refractivity contribution >= 4 is 17.3 Å². The molecule has 1 rings (SSSR count). The van der Waals surface area contributed by atoms with Crippen LogP contribution in [0.25, 0.3) is 0 Å². The van der Waals surface area contributed by atoms with Crippen LogP contribution in [0.2, 0.25) is 0 Å². The molecular weight excluding hydrogens is 242 g/mol. The van der Waals surface area contributed by atoms with Crippen molar-refractivity contribution in [3.63, 3.8) is 0 Å². The summed E-state index contributed by atoms with van der Waals surface area (Å²) >= 11 is 0. The van der Waals surface area contributed by atoms with Crippen LogP contribution in [0.5, 0.6) is 0 Å². The minimum absolute atomic E-state index is 0.0741. The van der Waals surface area contributed by atoms with Crippen molar-refractivity contribution in [2.24, 2.45) is 5.92 Å². The first-order chi connectivity index (χ1) is 8.86. The van der Waals surface area contributed by atoms with Crippen LogP contribution >= 0.6 is 0 Å². The molecule has 19 heavy (non-hydrogen) atoms. The zero-order chi connectivity index (χ0) is 14.6. The van der Waals surface area contributed by atoms with Gasteiger partial charge in [-0.25, -0.2) is 0 Å². The fraction of sp³-hybridized carbons (Fsp3) is 0.500. The predicted molar refractivity (Wildman–Crippen MR) is 78.2 cm³/mol. The van der Waals surface area contributed by atoms with Crippen LogP contribution in [-0.4, -0.2) is 42.7 Å². The van der Waals surface area contributed by atoms with Gasteiger partial charge in [-0.3, -0.25) is 4.79 Å². The molecule has 5 nitrogen and oxygen atoms in total. The zero-order valence-corrected chi connectivity index (χ0v) is 12.0. The number of nitrogens with zero attached hydrogens (tertiary/aromatic N) is 1. The molecule has 4 N–H and O–H groups in total. The first-order valence-corrected chi connectivity index (χ1v) is 6.35. The van der Waals surface area contributed by atoms with Gasteiger partial charge in [-0.05, 0) is 31.0 Å². The van der Waals surface area contributed by atoms with Gasteiger partial charge in [0.15, 0.2) is 0 Å². The Bertz CT molecular complexity index is 446. The second kappa shape index (κ2) is 6.43. The first kappa shape index (κ1) is 15.3. The Morgan fingerprint density at radius 2 is 2.05 bits per heavy atom.